The molecule has 196 valence electrons. The Morgan fingerprint density at radius 2 is 1.76 bits per heavy atom. The summed E-state index contributed by atoms with van der Waals surface area (Å²) in [6.45, 7) is 6.13. The molecule has 2 aromatic rings. The second kappa shape index (κ2) is 12.2. The number of benzene rings is 2. The molecule has 37 heavy (non-hydrogen) atoms. The lowest BCUT2D eigenvalue weighted by molar-refractivity contribution is -0.145. The monoisotopic (exact) mass is 505 g/mol. The van der Waals surface area contributed by atoms with Crippen LogP contribution in [0.5, 0.6) is 0 Å². The smallest absolute Gasteiger partial charge is 0.329 e. The van der Waals surface area contributed by atoms with Gasteiger partial charge in [0.2, 0.25) is 0 Å². The lowest BCUT2D eigenvalue weighted by Crippen LogP contribution is -2.44. The Kier molecular flexibility index (Phi) is 8.32. The zero-order valence-corrected chi connectivity index (χ0v) is 21.1. The molecule has 0 spiro atoms. The fourth-order valence-corrected chi connectivity index (χ4v) is 5.05. The fraction of sp³-hybridized carbons (Fsp3) is 0.464. The molecule has 2 saturated heterocycles. The topological polar surface area (TPSA) is 90.2 Å². The number of hydrogen-bond donors (Lipinski definition) is 1. The van der Waals surface area contributed by atoms with E-state index in [4.69, 9.17) is 19.8 Å². The average molecular weight is 506 g/mol. The molecule has 1 N–H and O–H groups in total. The molecular formula is C28H35N5O4. The predicted molar refractivity (Wildman–Crippen MR) is 143 cm³/mol. The molecule has 0 saturated carbocycles. The zero-order chi connectivity index (χ0) is 25.5. The van der Waals surface area contributed by atoms with Crippen LogP contribution in [0.2, 0.25) is 0 Å². The summed E-state index contributed by atoms with van der Waals surface area (Å²) in [6.07, 6.45) is 4.49. The number of hydrazone groups is 1. The van der Waals surface area contributed by atoms with Crippen molar-refractivity contribution in [3.05, 3.63) is 65.7 Å². The highest BCUT2D eigenvalue weighted by Gasteiger charge is 2.27. The summed E-state index contributed by atoms with van der Waals surface area (Å²) >= 11 is 0. The minimum absolute atomic E-state index is 0.0320. The number of piperazine rings is 1. The number of ether oxygens (including phenoxy) is 1. The van der Waals surface area contributed by atoms with Crippen molar-refractivity contribution in [2.24, 2.45) is 10.3 Å². The van der Waals surface area contributed by atoms with E-state index in [1.165, 1.54) is 5.69 Å². The van der Waals surface area contributed by atoms with E-state index in [-0.39, 0.29) is 18.8 Å². The number of rotatable bonds is 9. The molecule has 0 radical (unpaired) electrons. The quantitative estimate of drug-likeness (QED) is 0.524. The Bertz CT molecular complexity index is 1080. The molecule has 1 unspecified atom stereocenters. The van der Waals surface area contributed by atoms with Crippen LogP contribution in [-0.2, 0) is 14.4 Å². The van der Waals surface area contributed by atoms with Crippen LogP contribution in [0.4, 0.5) is 5.69 Å². The molecule has 0 aliphatic carbocycles. The zero-order valence-electron chi connectivity index (χ0n) is 21.1. The number of oxime groups is 1. The van der Waals surface area contributed by atoms with E-state index in [9.17, 15) is 4.79 Å². The number of nitrogens with zero attached hydrogens (tertiary/aromatic N) is 5. The molecule has 3 heterocycles. The normalized spacial score (nSPS) is 21.3. The minimum Gasteiger partial charge on any atom is -0.480 e. The number of piperidine rings is 1. The van der Waals surface area contributed by atoms with E-state index in [1.807, 2.05) is 6.21 Å². The predicted octanol–water partition coefficient (Wildman–Crippen LogP) is 2.90. The Morgan fingerprint density at radius 3 is 2.46 bits per heavy atom. The maximum absolute atomic E-state index is 10.7. The molecular weight excluding hydrogens is 470 g/mol. The molecule has 9 heteroatoms. The molecule has 0 aromatic heterocycles. The van der Waals surface area contributed by atoms with E-state index in [0.717, 1.165) is 81.9 Å². The van der Waals surface area contributed by atoms with Gasteiger partial charge in [0.1, 0.15) is 12.7 Å². The molecule has 2 aromatic carbocycles. The minimum atomic E-state index is -0.913. The van der Waals surface area contributed by atoms with Gasteiger partial charge in [-0.25, -0.2) is 4.79 Å². The maximum Gasteiger partial charge on any atom is 0.329 e. The number of para-hydroxylation sites is 1. The molecule has 0 amide bonds. The Labute approximate surface area is 217 Å². The van der Waals surface area contributed by atoms with Gasteiger partial charge in [0.05, 0.1) is 31.1 Å². The summed E-state index contributed by atoms with van der Waals surface area (Å²) < 4.78 is 5.43. The van der Waals surface area contributed by atoms with Crippen molar-refractivity contribution in [1.82, 2.24) is 9.91 Å². The maximum atomic E-state index is 10.7. The number of carboxylic acids is 1. The highest BCUT2D eigenvalue weighted by Crippen LogP contribution is 2.21. The van der Waals surface area contributed by atoms with Gasteiger partial charge in [-0.3, -0.25) is 9.91 Å². The summed E-state index contributed by atoms with van der Waals surface area (Å²) in [5.41, 5.74) is 4.40. The van der Waals surface area contributed by atoms with Crippen LogP contribution in [0.25, 0.3) is 0 Å². The largest absolute Gasteiger partial charge is 0.480 e. The number of hydrogen-bond acceptors (Lipinski definition) is 8. The van der Waals surface area contributed by atoms with Crippen LogP contribution >= 0.6 is 0 Å². The highest BCUT2D eigenvalue weighted by atomic mass is 16.6. The molecule has 3 aliphatic heterocycles. The van der Waals surface area contributed by atoms with E-state index < -0.39 is 5.97 Å². The molecule has 0 bridgehead atoms. The van der Waals surface area contributed by atoms with Crippen molar-refractivity contribution < 1.29 is 19.5 Å². The highest BCUT2D eigenvalue weighted by molar-refractivity contribution is 6.01. The Hall–Kier alpha value is -3.43. The van der Waals surface area contributed by atoms with Crippen LogP contribution in [0, 0.1) is 0 Å². The third-order valence-electron chi connectivity index (χ3n) is 7.16. The van der Waals surface area contributed by atoms with Gasteiger partial charge < -0.3 is 19.6 Å². The fourth-order valence-electron chi connectivity index (χ4n) is 5.05. The average Bonchev–Trinajstić information content (AvgIpc) is 3.41. The third kappa shape index (κ3) is 7.08. The van der Waals surface area contributed by atoms with E-state index in [2.05, 4.69) is 74.6 Å². The first-order valence-corrected chi connectivity index (χ1v) is 13.1. The van der Waals surface area contributed by atoms with E-state index in [0.29, 0.717) is 0 Å². The summed E-state index contributed by atoms with van der Waals surface area (Å²) in [7, 11) is 0. The first kappa shape index (κ1) is 25.2. The number of carbonyl (C=O) groups is 1. The molecule has 2 fully saturated rings. The van der Waals surface area contributed by atoms with Crippen LogP contribution in [0.15, 0.2) is 64.9 Å². The SMILES string of the molecule is O=C(O)COC1CCN(CC2CC(c3ccc(C=NN4CCN(c5ccccc5)CC4)cc3)=NO2)CC1. The van der Waals surface area contributed by atoms with Crippen molar-refractivity contribution in [2.75, 3.05) is 57.3 Å². The van der Waals surface area contributed by atoms with Gasteiger partial charge in [-0.05, 0) is 36.1 Å². The molecule has 5 rings (SSSR count). The van der Waals surface area contributed by atoms with Gasteiger partial charge in [-0.1, -0.05) is 47.6 Å². The first-order chi connectivity index (χ1) is 18.1. The van der Waals surface area contributed by atoms with Gasteiger partial charge in [0, 0.05) is 44.8 Å². The number of likely N-dealkylation sites (tertiary alicyclic amines) is 1. The summed E-state index contributed by atoms with van der Waals surface area (Å²) in [6, 6.07) is 18.9. The van der Waals surface area contributed by atoms with Gasteiger partial charge >= 0.3 is 5.97 Å². The molecule has 9 nitrogen and oxygen atoms in total. The third-order valence-corrected chi connectivity index (χ3v) is 7.16. The summed E-state index contributed by atoms with van der Waals surface area (Å²) in [5.74, 6) is -0.913. The lowest BCUT2D eigenvalue weighted by atomic mass is 10.0. The van der Waals surface area contributed by atoms with Crippen molar-refractivity contribution >= 4 is 23.6 Å². The van der Waals surface area contributed by atoms with Crippen LogP contribution in [0.1, 0.15) is 30.4 Å². The van der Waals surface area contributed by atoms with Gasteiger partial charge in [0.25, 0.3) is 0 Å². The van der Waals surface area contributed by atoms with Crippen LogP contribution in [-0.4, -0.2) is 97.5 Å². The van der Waals surface area contributed by atoms with Crippen LogP contribution in [0.3, 0.4) is 0 Å². The second-order valence-corrected chi connectivity index (χ2v) is 9.82. The Balaban J connectivity index is 1.04. The van der Waals surface area contributed by atoms with Gasteiger partial charge in [0.15, 0.2) is 0 Å². The number of carboxylic acid groups (broad SMARTS) is 1. The van der Waals surface area contributed by atoms with Crippen molar-refractivity contribution in [3.8, 4) is 0 Å². The van der Waals surface area contributed by atoms with Crippen LogP contribution < -0.4 is 4.90 Å². The molecule has 1 atom stereocenters. The van der Waals surface area contributed by atoms with Crippen molar-refractivity contribution in [3.63, 3.8) is 0 Å². The summed E-state index contributed by atoms with van der Waals surface area (Å²) in [5, 5.41) is 19.9. The summed E-state index contributed by atoms with van der Waals surface area (Å²) in [4.78, 5) is 21.2. The van der Waals surface area contributed by atoms with Crippen molar-refractivity contribution in [1.29, 1.82) is 0 Å². The lowest BCUT2D eigenvalue weighted by Gasteiger charge is -2.34. The molecule has 3 aliphatic rings. The van der Waals surface area contributed by atoms with E-state index in [1.54, 1.807) is 0 Å². The number of aliphatic carboxylic acids is 1. The first-order valence-electron chi connectivity index (χ1n) is 13.1. The van der Waals surface area contributed by atoms with Gasteiger partial charge in [-0.2, -0.15) is 5.10 Å². The van der Waals surface area contributed by atoms with Gasteiger partial charge in [-0.15, -0.1) is 0 Å². The van der Waals surface area contributed by atoms with E-state index >= 15 is 0 Å². The standard InChI is InChI=1S/C28H35N5O4/c34-28(35)21-36-25-10-12-31(13-11-25)20-26-18-27(30-37-26)23-8-6-22(7-9-23)19-29-33-16-14-32(15-17-33)24-4-2-1-3-5-24/h1-9,19,25-26H,10-18,20-21H2,(H,34,35). The van der Waals surface area contributed by atoms with Crippen molar-refractivity contribution in [2.45, 2.75) is 31.5 Å². The Morgan fingerprint density at radius 1 is 1.03 bits per heavy atom. The second-order valence-electron chi connectivity index (χ2n) is 9.82. The number of anilines is 1.